The summed E-state index contributed by atoms with van der Waals surface area (Å²) in [7, 11) is 0. The number of hydrogen-bond acceptors (Lipinski definition) is 5. The van der Waals surface area contributed by atoms with Crippen LogP contribution in [0.3, 0.4) is 0 Å². The third-order valence-electron chi connectivity index (χ3n) is 1.02. The van der Waals surface area contributed by atoms with Crippen LogP contribution in [-0.2, 0) is 9.53 Å². The predicted molar refractivity (Wildman–Crippen MR) is 30.1 cm³/mol. The summed E-state index contributed by atoms with van der Waals surface area (Å²) >= 11 is 0. The zero-order valence-corrected chi connectivity index (χ0v) is 4.89. The molecule has 3 N–H and O–H groups in total. The molecular weight excluding hydrogens is 122 g/mol. The second-order valence-corrected chi connectivity index (χ2v) is 1.62. The van der Waals surface area contributed by atoms with Crippen LogP contribution in [0.2, 0.25) is 0 Å². The Labute approximate surface area is 52.8 Å². The molecule has 0 bridgehead atoms. The Bertz CT molecular complexity index is 91.8. The van der Waals surface area contributed by atoms with Crippen molar-refractivity contribution in [2.45, 2.75) is 6.35 Å². The fourth-order valence-electron chi connectivity index (χ4n) is 0.616. The molecular formula is C4H9N3O2. The van der Waals surface area contributed by atoms with Gasteiger partial charge in [0, 0.05) is 0 Å². The lowest BCUT2D eigenvalue weighted by Crippen LogP contribution is -2.56. The van der Waals surface area contributed by atoms with Gasteiger partial charge in [0.1, 0.15) is 0 Å². The standard InChI is InChI=1S/C4H9N3O2/c8-3-9-4-6-1-5-2-7-4/h3-7H,1-2H2. The molecule has 1 rings (SSSR count). The lowest BCUT2D eigenvalue weighted by atomic mass is 10.7. The predicted octanol–water partition coefficient (Wildman–Crippen LogP) is -1.86. The van der Waals surface area contributed by atoms with E-state index in [2.05, 4.69) is 20.7 Å². The summed E-state index contributed by atoms with van der Waals surface area (Å²) in [5.74, 6) is 0. The van der Waals surface area contributed by atoms with E-state index in [1.54, 1.807) is 0 Å². The van der Waals surface area contributed by atoms with Crippen molar-refractivity contribution in [1.82, 2.24) is 16.0 Å². The van der Waals surface area contributed by atoms with Gasteiger partial charge in [-0.2, -0.15) is 0 Å². The van der Waals surface area contributed by atoms with E-state index in [4.69, 9.17) is 0 Å². The summed E-state index contributed by atoms with van der Waals surface area (Å²) in [6, 6.07) is 0. The lowest BCUT2D eigenvalue weighted by Gasteiger charge is -2.23. The zero-order chi connectivity index (χ0) is 6.53. The van der Waals surface area contributed by atoms with Gasteiger partial charge < -0.3 is 4.74 Å². The van der Waals surface area contributed by atoms with Gasteiger partial charge in [-0.25, -0.2) is 0 Å². The summed E-state index contributed by atoms with van der Waals surface area (Å²) < 4.78 is 4.54. The van der Waals surface area contributed by atoms with E-state index in [1.165, 1.54) is 0 Å². The van der Waals surface area contributed by atoms with Crippen molar-refractivity contribution < 1.29 is 9.53 Å². The van der Waals surface area contributed by atoms with Gasteiger partial charge in [0.05, 0.1) is 13.3 Å². The molecule has 0 aromatic carbocycles. The van der Waals surface area contributed by atoms with Gasteiger partial charge in [0.2, 0.25) is 6.35 Å². The first-order chi connectivity index (χ1) is 4.43. The third-order valence-corrected chi connectivity index (χ3v) is 1.02. The maximum absolute atomic E-state index is 9.75. The molecule has 1 aliphatic rings. The van der Waals surface area contributed by atoms with Crippen molar-refractivity contribution in [1.29, 1.82) is 0 Å². The first-order valence-electron chi connectivity index (χ1n) is 2.70. The molecule has 5 nitrogen and oxygen atoms in total. The Morgan fingerprint density at radius 3 is 2.67 bits per heavy atom. The Kier molecular flexibility index (Phi) is 2.44. The van der Waals surface area contributed by atoms with Crippen LogP contribution < -0.4 is 16.0 Å². The van der Waals surface area contributed by atoms with Crippen LogP contribution in [0.5, 0.6) is 0 Å². The Balaban J connectivity index is 2.15. The molecule has 0 aromatic heterocycles. The minimum absolute atomic E-state index is 0.330. The van der Waals surface area contributed by atoms with E-state index in [0.717, 1.165) is 0 Å². The van der Waals surface area contributed by atoms with Crippen LogP contribution in [0.1, 0.15) is 0 Å². The third kappa shape index (κ3) is 1.96. The fraction of sp³-hybridized carbons (Fsp3) is 0.750. The molecule has 9 heavy (non-hydrogen) atoms. The van der Waals surface area contributed by atoms with Crippen LogP contribution in [0.4, 0.5) is 0 Å². The van der Waals surface area contributed by atoms with Gasteiger partial charge in [-0.15, -0.1) is 0 Å². The number of carbonyl (C=O) groups excluding carboxylic acids is 1. The fourth-order valence-corrected chi connectivity index (χ4v) is 0.616. The van der Waals surface area contributed by atoms with E-state index >= 15 is 0 Å². The number of nitrogens with one attached hydrogen (secondary N) is 3. The molecule has 52 valence electrons. The van der Waals surface area contributed by atoms with Crippen LogP contribution >= 0.6 is 0 Å². The Hall–Kier alpha value is -0.650. The molecule has 1 fully saturated rings. The highest BCUT2D eigenvalue weighted by Gasteiger charge is 2.09. The summed E-state index contributed by atoms with van der Waals surface area (Å²) in [6.45, 7) is 1.73. The zero-order valence-electron chi connectivity index (χ0n) is 4.89. The van der Waals surface area contributed by atoms with Crippen molar-refractivity contribution in [3.63, 3.8) is 0 Å². The molecule has 0 amide bonds. The first-order valence-corrected chi connectivity index (χ1v) is 2.70. The van der Waals surface area contributed by atoms with Gasteiger partial charge in [0.25, 0.3) is 6.47 Å². The van der Waals surface area contributed by atoms with Crippen molar-refractivity contribution in [2.24, 2.45) is 0 Å². The molecule has 0 saturated carbocycles. The van der Waals surface area contributed by atoms with Crippen LogP contribution in [0.15, 0.2) is 0 Å². The Morgan fingerprint density at radius 2 is 2.11 bits per heavy atom. The molecule has 1 aliphatic heterocycles. The smallest absolute Gasteiger partial charge is 0.295 e. The van der Waals surface area contributed by atoms with Gasteiger partial charge in [-0.1, -0.05) is 0 Å². The van der Waals surface area contributed by atoms with Gasteiger partial charge in [-0.05, 0) is 0 Å². The average molecular weight is 131 g/mol. The molecule has 0 spiro atoms. The van der Waals surface area contributed by atoms with Crippen molar-refractivity contribution >= 4 is 6.47 Å². The van der Waals surface area contributed by atoms with E-state index in [9.17, 15) is 4.79 Å². The van der Waals surface area contributed by atoms with Crippen LogP contribution in [0.25, 0.3) is 0 Å². The first kappa shape index (κ1) is 6.47. The van der Waals surface area contributed by atoms with E-state index in [0.29, 0.717) is 19.8 Å². The maximum Gasteiger partial charge on any atom is 0.295 e. The second kappa shape index (κ2) is 3.39. The second-order valence-electron chi connectivity index (χ2n) is 1.62. The van der Waals surface area contributed by atoms with Crippen molar-refractivity contribution in [3.05, 3.63) is 0 Å². The number of hydrogen-bond donors (Lipinski definition) is 3. The maximum atomic E-state index is 9.75. The van der Waals surface area contributed by atoms with Crippen LogP contribution in [0, 0.1) is 0 Å². The highest BCUT2D eigenvalue weighted by Crippen LogP contribution is 1.79. The summed E-state index contributed by atoms with van der Waals surface area (Å²) in [5, 5.41) is 8.64. The molecule has 0 radical (unpaired) electrons. The van der Waals surface area contributed by atoms with E-state index < -0.39 is 0 Å². The average Bonchev–Trinajstić information content (AvgIpc) is 1.91. The largest absolute Gasteiger partial charge is 0.435 e. The molecule has 5 heteroatoms. The minimum atomic E-state index is -0.330. The van der Waals surface area contributed by atoms with E-state index in [-0.39, 0.29) is 6.35 Å². The quantitative estimate of drug-likeness (QED) is 0.384. The molecule has 1 heterocycles. The molecule has 1 saturated heterocycles. The van der Waals surface area contributed by atoms with Crippen molar-refractivity contribution in [3.8, 4) is 0 Å². The van der Waals surface area contributed by atoms with Crippen LogP contribution in [-0.4, -0.2) is 26.2 Å². The monoisotopic (exact) mass is 131 g/mol. The highest BCUT2D eigenvalue weighted by atomic mass is 16.5. The van der Waals surface area contributed by atoms with Gasteiger partial charge in [-0.3, -0.25) is 20.7 Å². The highest BCUT2D eigenvalue weighted by molar-refractivity contribution is 5.37. The van der Waals surface area contributed by atoms with E-state index in [1.807, 2.05) is 0 Å². The molecule has 0 aromatic rings. The number of ether oxygens (including phenoxy) is 1. The lowest BCUT2D eigenvalue weighted by molar-refractivity contribution is -0.137. The van der Waals surface area contributed by atoms with Gasteiger partial charge in [0.15, 0.2) is 0 Å². The number of rotatable bonds is 2. The normalized spacial score (nSPS) is 21.3. The number of carbonyl (C=O) groups is 1. The molecule has 0 atom stereocenters. The molecule has 0 aliphatic carbocycles. The summed E-state index contributed by atoms with van der Waals surface area (Å²) in [6.07, 6.45) is -0.330. The van der Waals surface area contributed by atoms with Gasteiger partial charge >= 0.3 is 0 Å². The Morgan fingerprint density at radius 1 is 1.44 bits per heavy atom. The summed E-state index contributed by atoms with van der Waals surface area (Å²) in [5.41, 5.74) is 0. The minimum Gasteiger partial charge on any atom is -0.435 e. The summed E-state index contributed by atoms with van der Waals surface area (Å²) in [4.78, 5) is 9.75. The topological polar surface area (TPSA) is 62.4 Å². The molecule has 0 unspecified atom stereocenters. The van der Waals surface area contributed by atoms with Crippen molar-refractivity contribution in [2.75, 3.05) is 13.3 Å². The SMILES string of the molecule is O=COC1NCNCN1.